The molecular formula is C32H39NO8S. The zero-order valence-corrected chi connectivity index (χ0v) is 25.2. The van der Waals surface area contributed by atoms with Crippen LogP contribution < -0.4 is 4.72 Å². The predicted molar refractivity (Wildman–Crippen MR) is 157 cm³/mol. The van der Waals surface area contributed by atoms with Gasteiger partial charge in [-0.25, -0.2) is 13.1 Å². The minimum absolute atomic E-state index is 0.0113. The number of hydrogen-bond donors (Lipinski definition) is 1. The molecule has 1 fully saturated rings. The average molecular weight is 598 g/mol. The van der Waals surface area contributed by atoms with Gasteiger partial charge in [0.05, 0.1) is 37.4 Å². The lowest BCUT2D eigenvalue weighted by molar-refractivity contribution is -0.175. The summed E-state index contributed by atoms with van der Waals surface area (Å²) < 4.78 is 59.9. The minimum Gasteiger partial charge on any atom is -0.457 e. The van der Waals surface area contributed by atoms with Crippen molar-refractivity contribution in [1.29, 1.82) is 0 Å². The Morgan fingerprint density at radius 2 is 1.36 bits per heavy atom. The van der Waals surface area contributed by atoms with Gasteiger partial charge in [-0.1, -0.05) is 78.4 Å². The Labute approximate surface area is 248 Å². The Hall–Kier alpha value is -3.12. The van der Waals surface area contributed by atoms with Gasteiger partial charge in [-0.05, 0) is 44.0 Å². The van der Waals surface area contributed by atoms with Crippen LogP contribution in [0.25, 0.3) is 0 Å². The van der Waals surface area contributed by atoms with E-state index in [4.69, 9.17) is 23.7 Å². The van der Waals surface area contributed by atoms with E-state index in [9.17, 15) is 13.2 Å². The Balaban J connectivity index is 1.58. The lowest BCUT2D eigenvalue weighted by Crippen LogP contribution is -2.54. The van der Waals surface area contributed by atoms with Crippen LogP contribution in [0.1, 0.15) is 37.5 Å². The van der Waals surface area contributed by atoms with E-state index >= 15 is 0 Å². The Bertz CT molecular complexity index is 1380. The first-order valence-electron chi connectivity index (χ1n) is 13.9. The molecule has 0 radical (unpaired) electrons. The fraction of sp³-hybridized carbons (Fsp3) is 0.406. The summed E-state index contributed by atoms with van der Waals surface area (Å²) in [5.74, 6) is -1.62. The second kappa shape index (κ2) is 14.4. The van der Waals surface area contributed by atoms with Crippen LogP contribution in [0.3, 0.4) is 0 Å². The molecule has 3 aromatic carbocycles. The van der Waals surface area contributed by atoms with Crippen LogP contribution in [-0.2, 0) is 51.7 Å². The molecule has 0 bridgehead atoms. The highest BCUT2D eigenvalue weighted by Crippen LogP contribution is 2.34. The zero-order valence-electron chi connectivity index (χ0n) is 24.4. The number of benzene rings is 3. The van der Waals surface area contributed by atoms with Crippen molar-refractivity contribution >= 4 is 16.0 Å². The number of ether oxygens (including phenoxy) is 5. The van der Waals surface area contributed by atoms with Gasteiger partial charge in [0.2, 0.25) is 10.0 Å². The number of sulfonamides is 1. The molecule has 0 spiro atoms. The molecule has 1 aliphatic rings. The SMILES string of the molecule is CC(=O)O[C@H](COCc1ccccc1)[C@H]1OC(C)(C)O[C@@H]1[C@H](COCc1ccccc1)NS(=O)(=O)c1ccc(C)cc1. The molecule has 1 saturated heterocycles. The summed E-state index contributed by atoms with van der Waals surface area (Å²) in [5, 5.41) is 0. The van der Waals surface area contributed by atoms with E-state index in [1.807, 2.05) is 67.6 Å². The van der Waals surface area contributed by atoms with Gasteiger partial charge in [-0.2, -0.15) is 0 Å². The van der Waals surface area contributed by atoms with E-state index in [2.05, 4.69) is 4.72 Å². The van der Waals surface area contributed by atoms with Crippen molar-refractivity contribution in [2.75, 3.05) is 13.2 Å². The van der Waals surface area contributed by atoms with Crippen molar-refractivity contribution in [3.8, 4) is 0 Å². The number of aryl methyl sites for hydroxylation is 1. The van der Waals surface area contributed by atoms with Gasteiger partial charge in [-0.3, -0.25) is 4.79 Å². The standard InChI is InChI=1S/C32H39NO8S/c1-23-15-17-27(18-16-23)42(35,36)33-28(21-37-19-25-11-7-5-8-12-25)30-31(41-32(3,4)40-30)29(39-24(2)34)22-38-20-26-13-9-6-10-14-26/h5-18,28-31,33H,19-22H2,1-4H3/t28-,29+,30+,31+/m0/s1. The van der Waals surface area contributed by atoms with Crippen molar-refractivity contribution in [1.82, 2.24) is 4.72 Å². The molecule has 226 valence electrons. The highest BCUT2D eigenvalue weighted by atomic mass is 32.2. The van der Waals surface area contributed by atoms with E-state index in [-0.39, 0.29) is 24.7 Å². The van der Waals surface area contributed by atoms with Crippen molar-refractivity contribution in [2.45, 2.75) is 75.9 Å². The minimum atomic E-state index is -3.98. The molecule has 1 aliphatic heterocycles. The van der Waals surface area contributed by atoms with Crippen LogP contribution in [0.4, 0.5) is 0 Å². The van der Waals surface area contributed by atoms with Gasteiger partial charge in [0, 0.05) is 6.92 Å². The Morgan fingerprint density at radius 3 is 1.90 bits per heavy atom. The molecular weight excluding hydrogens is 558 g/mol. The third-order valence-electron chi connectivity index (χ3n) is 6.68. The summed E-state index contributed by atoms with van der Waals surface area (Å²) in [6.07, 6.45) is -2.61. The third kappa shape index (κ3) is 9.19. The summed E-state index contributed by atoms with van der Waals surface area (Å²) >= 11 is 0. The molecule has 0 unspecified atom stereocenters. The molecule has 1 heterocycles. The third-order valence-corrected chi connectivity index (χ3v) is 8.19. The normalized spacial score (nSPS) is 19.7. The van der Waals surface area contributed by atoms with Gasteiger partial charge in [0.15, 0.2) is 11.9 Å². The lowest BCUT2D eigenvalue weighted by atomic mass is 10.0. The maximum Gasteiger partial charge on any atom is 0.303 e. The fourth-order valence-corrected chi connectivity index (χ4v) is 5.98. The summed E-state index contributed by atoms with van der Waals surface area (Å²) in [6, 6.07) is 24.8. The van der Waals surface area contributed by atoms with Crippen LogP contribution in [0, 0.1) is 6.92 Å². The highest BCUT2D eigenvalue weighted by Gasteiger charge is 2.50. The van der Waals surface area contributed by atoms with Gasteiger partial charge >= 0.3 is 5.97 Å². The van der Waals surface area contributed by atoms with Gasteiger partial charge in [-0.15, -0.1) is 0 Å². The smallest absolute Gasteiger partial charge is 0.303 e. The number of esters is 1. The quantitative estimate of drug-likeness (QED) is 0.270. The Morgan fingerprint density at radius 1 is 0.833 bits per heavy atom. The first-order chi connectivity index (χ1) is 20.0. The summed E-state index contributed by atoms with van der Waals surface area (Å²) in [4.78, 5) is 12.3. The number of carbonyl (C=O) groups is 1. The lowest BCUT2D eigenvalue weighted by Gasteiger charge is -2.31. The van der Waals surface area contributed by atoms with Crippen molar-refractivity contribution < 1.29 is 36.9 Å². The van der Waals surface area contributed by atoms with E-state index in [0.717, 1.165) is 16.7 Å². The first kappa shape index (κ1) is 31.8. The van der Waals surface area contributed by atoms with Crippen molar-refractivity contribution in [2.24, 2.45) is 0 Å². The van der Waals surface area contributed by atoms with E-state index < -0.39 is 46.1 Å². The average Bonchev–Trinajstić information content (AvgIpc) is 3.28. The number of nitrogens with one attached hydrogen (secondary N) is 1. The second-order valence-corrected chi connectivity index (χ2v) is 12.5. The van der Waals surface area contributed by atoms with Gasteiger partial charge < -0.3 is 23.7 Å². The molecule has 0 aromatic heterocycles. The van der Waals surface area contributed by atoms with Crippen LogP contribution >= 0.6 is 0 Å². The fourth-order valence-electron chi connectivity index (χ4n) is 4.75. The highest BCUT2D eigenvalue weighted by molar-refractivity contribution is 7.89. The molecule has 3 aromatic rings. The zero-order chi connectivity index (χ0) is 30.2. The molecule has 4 rings (SSSR count). The van der Waals surface area contributed by atoms with Crippen LogP contribution in [0.15, 0.2) is 89.8 Å². The number of carbonyl (C=O) groups excluding carboxylic acids is 1. The molecule has 4 atom stereocenters. The van der Waals surface area contributed by atoms with Crippen LogP contribution in [0.5, 0.6) is 0 Å². The van der Waals surface area contributed by atoms with Crippen LogP contribution in [0.2, 0.25) is 0 Å². The maximum atomic E-state index is 13.5. The molecule has 10 heteroatoms. The second-order valence-electron chi connectivity index (χ2n) is 10.8. The van der Waals surface area contributed by atoms with Crippen molar-refractivity contribution in [3.63, 3.8) is 0 Å². The summed E-state index contributed by atoms with van der Waals surface area (Å²) in [5.41, 5.74) is 2.83. The topological polar surface area (TPSA) is 109 Å². The van der Waals surface area contributed by atoms with Gasteiger partial charge in [0.25, 0.3) is 0 Å². The number of rotatable bonds is 14. The molecule has 1 N–H and O–H groups in total. The van der Waals surface area contributed by atoms with Crippen molar-refractivity contribution in [3.05, 3.63) is 102 Å². The molecule has 9 nitrogen and oxygen atoms in total. The monoisotopic (exact) mass is 597 g/mol. The predicted octanol–water partition coefficient (Wildman–Crippen LogP) is 4.53. The maximum absolute atomic E-state index is 13.5. The largest absolute Gasteiger partial charge is 0.457 e. The van der Waals surface area contributed by atoms with E-state index in [1.165, 1.54) is 6.92 Å². The Kier molecular flexibility index (Phi) is 10.9. The van der Waals surface area contributed by atoms with E-state index in [1.54, 1.807) is 38.1 Å². The molecule has 0 aliphatic carbocycles. The van der Waals surface area contributed by atoms with Crippen LogP contribution in [-0.4, -0.2) is 57.7 Å². The molecule has 0 saturated carbocycles. The first-order valence-corrected chi connectivity index (χ1v) is 15.4. The van der Waals surface area contributed by atoms with E-state index in [0.29, 0.717) is 6.61 Å². The summed E-state index contributed by atoms with van der Waals surface area (Å²) in [7, 11) is -3.98. The number of hydrogen-bond acceptors (Lipinski definition) is 8. The summed E-state index contributed by atoms with van der Waals surface area (Å²) in [6.45, 7) is 7.19. The van der Waals surface area contributed by atoms with Gasteiger partial charge in [0.1, 0.15) is 12.2 Å². The molecule has 42 heavy (non-hydrogen) atoms. The molecule has 0 amide bonds.